The lowest BCUT2D eigenvalue weighted by Gasteiger charge is -2.26. The van der Waals surface area contributed by atoms with Crippen LogP contribution in [0.25, 0.3) is 16.8 Å². The Morgan fingerprint density at radius 1 is 1.08 bits per heavy atom. The lowest BCUT2D eigenvalue weighted by Crippen LogP contribution is -2.40. The molecule has 3 aromatic carbocycles. The third kappa shape index (κ3) is 4.70. The zero-order chi connectivity index (χ0) is 27.7. The fraction of sp³-hybridized carbons (Fsp3) is 0.233. The van der Waals surface area contributed by atoms with Gasteiger partial charge in [0.1, 0.15) is 5.75 Å². The molecule has 5 rings (SSSR count). The molecule has 1 atom stereocenters. The van der Waals surface area contributed by atoms with E-state index in [9.17, 15) is 14.7 Å². The number of benzene rings is 3. The van der Waals surface area contributed by atoms with Crippen LogP contribution in [0.1, 0.15) is 37.9 Å². The fourth-order valence-corrected chi connectivity index (χ4v) is 5.89. The minimum absolute atomic E-state index is 0.0246. The maximum atomic E-state index is 14.0. The van der Waals surface area contributed by atoms with E-state index < -0.39 is 12.0 Å². The zero-order valence-corrected chi connectivity index (χ0v) is 22.9. The summed E-state index contributed by atoms with van der Waals surface area (Å²) < 4.78 is 18.5. The lowest BCUT2D eigenvalue weighted by molar-refractivity contribution is -0.139. The number of rotatable bonds is 7. The van der Waals surface area contributed by atoms with E-state index in [1.54, 1.807) is 43.7 Å². The van der Waals surface area contributed by atoms with Gasteiger partial charge in [-0.25, -0.2) is 9.79 Å². The Balaban J connectivity index is 1.77. The average Bonchev–Trinajstić information content (AvgIpc) is 3.23. The van der Waals surface area contributed by atoms with Crippen LogP contribution >= 0.6 is 11.3 Å². The number of phenolic OH excluding ortho intramolecular Hbond substituents is 1. The summed E-state index contributed by atoms with van der Waals surface area (Å²) in [6.07, 6.45) is 1.73. The highest BCUT2D eigenvalue weighted by Gasteiger charge is 2.34. The molecule has 1 aliphatic rings. The van der Waals surface area contributed by atoms with Crippen molar-refractivity contribution in [3.05, 3.63) is 96.7 Å². The predicted molar refractivity (Wildman–Crippen MR) is 150 cm³/mol. The Kier molecular flexibility index (Phi) is 7.26. The van der Waals surface area contributed by atoms with E-state index in [4.69, 9.17) is 14.2 Å². The SMILES string of the molecule is CCOC(=O)C1=C(C)N=c2s/c(=C/c3ccc(O)c(OCC)c3)c(=O)n2C1c1ccc(OC)c2ccccc12. The first-order valence-electron chi connectivity index (χ1n) is 12.6. The van der Waals surface area contributed by atoms with Crippen molar-refractivity contribution in [1.29, 1.82) is 0 Å². The second kappa shape index (κ2) is 10.8. The number of phenols is 1. The van der Waals surface area contributed by atoms with Gasteiger partial charge in [-0.1, -0.05) is 47.7 Å². The second-order valence-electron chi connectivity index (χ2n) is 8.87. The number of aromatic nitrogens is 1. The molecule has 200 valence electrons. The normalized spacial score (nSPS) is 15.2. The summed E-state index contributed by atoms with van der Waals surface area (Å²) in [5.41, 5.74) is 1.97. The molecule has 1 N–H and O–H groups in total. The van der Waals surface area contributed by atoms with E-state index in [-0.39, 0.29) is 17.9 Å². The zero-order valence-electron chi connectivity index (χ0n) is 22.1. The Hall–Kier alpha value is -4.37. The molecule has 4 aromatic rings. The molecule has 8 nitrogen and oxygen atoms in total. The molecule has 39 heavy (non-hydrogen) atoms. The van der Waals surface area contributed by atoms with Crippen molar-refractivity contribution in [2.75, 3.05) is 20.3 Å². The van der Waals surface area contributed by atoms with Crippen LogP contribution < -0.4 is 24.4 Å². The number of thiazole rings is 1. The summed E-state index contributed by atoms with van der Waals surface area (Å²) in [7, 11) is 1.61. The van der Waals surface area contributed by atoms with Gasteiger partial charge >= 0.3 is 5.97 Å². The number of methoxy groups -OCH3 is 1. The molecule has 0 bridgehead atoms. The topological polar surface area (TPSA) is 99.4 Å². The highest BCUT2D eigenvalue weighted by atomic mass is 32.1. The van der Waals surface area contributed by atoms with E-state index in [1.807, 2.05) is 43.3 Å². The number of esters is 1. The summed E-state index contributed by atoms with van der Waals surface area (Å²) in [6, 6.07) is 15.6. The molecular formula is C30H28N2O6S. The van der Waals surface area contributed by atoms with Crippen molar-refractivity contribution in [3.63, 3.8) is 0 Å². The average molecular weight is 545 g/mol. The Morgan fingerprint density at radius 2 is 1.85 bits per heavy atom. The number of carbonyl (C=O) groups excluding carboxylic acids is 1. The Morgan fingerprint density at radius 3 is 2.56 bits per heavy atom. The Bertz CT molecular complexity index is 1800. The number of aromatic hydroxyl groups is 1. The monoisotopic (exact) mass is 544 g/mol. The van der Waals surface area contributed by atoms with Crippen LogP contribution in [-0.4, -0.2) is 36.0 Å². The van der Waals surface area contributed by atoms with Crippen molar-refractivity contribution >= 4 is 34.2 Å². The van der Waals surface area contributed by atoms with E-state index in [1.165, 1.54) is 17.4 Å². The minimum atomic E-state index is -0.753. The first kappa shape index (κ1) is 26.2. The van der Waals surface area contributed by atoms with Gasteiger partial charge in [0, 0.05) is 5.39 Å². The van der Waals surface area contributed by atoms with Crippen molar-refractivity contribution < 1.29 is 24.1 Å². The van der Waals surface area contributed by atoms with Crippen molar-refractivity contribution in [1.82, 2.24) is 4.57 Å². The van der Waals surface area contributed by atoms with E-state index in [0.717, 1.165) is 16.3 Å². The van der Waals surface area contributed by atoms with Gasteiger partial charge in [-0.15, -0.1) is 0 Å². The third-order valence-electron chi connectivity index (χ3n) is 6.53. The number of ether oxygens (including phenoxy) is 3. The predicted octanol–water partition coefficient (Wildman–Crippen LogP) is 4.06. The molecule has 1 unspecified atom stereocenters. The van der Waals surface area contributed by atoms with Crippen LogP contribution in [0.4, 0.5) is 0 Å². The van der Waals surface area contributed by atoms with Gasteiger partial charge in [0.05, 0.1) is 42.2 Å². The highest BCUT2D eigenvalue weighted by Crippen LogP contribution is 2.38. The first-order chi connectivity index (χ1) is 18.9. The van der Waals surface area contributed by atoms with Crippen LogP contribution in [0, 0.1) is 0 Å². The van der Waals surface area contributed by atoms with Crippen molar-refractivity contribution in [2.45, 2.75) is 26.8 Å². The Labute approximate surface area is 228 Å². The summed E-state index contributed by atoms with van der Waals surface area (Å²) in [4.78, 5) is 32.4. The number of carbonyl (C=O) groups is 1. The molecule has 1 aromatic heterocycles. The van der Waals surface area contributed by atoms with Gasteiger partial charge < -0.3 is 19.3 Å². The van der Waals surface area contributed by atoms with Gasteiger partial charge in [-0.05, 0) is 61.6 Å². The molecule has 0 amide bonds. The number of allylic oxidation sites excluding steroid dienone is 1. The van der Waals surface area contributed by atoms with E-state index in [0.29, 0.717) is 44.3 Å². The van der Waals surface area contributed by atoms with Gasteiger partial charge in [0.25, 0.3) is 5.56 Å². The maximum Gasteiger partial charge on any atom is 0.338 e. The van der Waals surface area contributed by atoms with Crippen LogP contribution in [0.5, 0.6) is 17.2 Å². The summed E-state index contributed by atoms with van der Waals surface area (Å²) >= 11 is 1.24. The van der Waals surface area contributed by atoms with Gasteiger partial charge in [-0.2, -0.15) is 0 Å². The number of nitrogens with zero attached hydrogens (tertiary/aromatic N) is 2. The van der Waals surface area contributed by atoms with Crippen LogP contribution in [-0.2, 0) is 9.53 Å². The molecular weight excluding hydrogens is 516 g/mol. The number of hydrogen-bond acceptors (Lipinski definition) is 8. The smallest absolute Gasteiger partial charge is 0.338 e. The molecule has 2 heterocycles. The van der Waals surface area contributed by atoms with E-state index >= 15 is 0 Å². The van der Waals surface area contributed by atoms with Gasteiger partial charge in [0.2, 0.25) is 0 Å². The van der Waals surface area contributed by atoms with E-state index in [2.05, 4.69) is 4.99 Å². The summed E-state index contributed by atoms with van der Waals surface area (Å²) in [5, 5.41) is 11.8. The first-order valence-corrected chi connectivity index (χ1v) is 13.4. The van der Waals surface area contributed by atoms with Crippen molar-refractivity contribution in [3.8, 4) is 17.2 Å². The third-order valence-corrected chi connectivity index (χ3v) is 7.51. The highest BCUT2D eigenvalue weighted by molar-refractivity contribution is 7.07. The minimum Gasteiger partial charge on any atom is -0.504 e. The maximum absolute atomic E-state index is 14.0. The van der Waals surface area contributed by atoms with Crippen LogP contribution in [0.3, 0.4) is 0 Å². The number of hydrogen-bond donors (Lipinski definition) is 1. The molecule has 9 heteroatoms. The van der Waals surface area contributed by atoms with Crippen LogP contribution in [0.15, 0.2) is 75.7 Å². The van der Waals surface area contributed by atoms with Crippen LogP contribution in [0.2, 0.25) is 0 Å². The molecule has 0 radical (unpaired) electrons. The molecule has 0 spiro atoms. The summed E-state index contributed by atoms with van der Waals surface area (Å²) in [5.74, 6) is 0.536. The molecule has 1 aliphatic heterocycles. The quantitative estimate of drug-likeness (QED) is 0.352. The fourth-order valence-electron chi connectivity index (χ4n) is 4.84. The molecule has 0 fully saturated rings. The van der Waals surface area contributed by atoms with Crippen molar-refractivity contribution in [2.24, 2.45) is 4.99 Å². The lowest BCUT2D eigenvalue weighted by atomic mass is 9.91. The molecule has 0 saturated heterocycles. The largest absolute Gasteiger partial charge is 0.504 e. The second-order valence-corrected chi connectivity index (χ2v) is 9.87. The van der Waals surface area contributed by atoms with Gasteiger partial charge in [-0.3, -0.25) is 9.36 Å². The summed E-state index contributed by atoms with van der Waals surface area (Å²) in [6.45, 7) is 5.92. The molecule has 0 saturated carbocycles. The van der Waals surface area contributed by atoms with Gasteiger partial charge in [0.15, 0.2) is 16.3 Å². The standard InChI is InChI=1S/C30H28N2O6S/c1-5-37-24-15-18(11-13-22(24)33)16-25-28(34)32-27(26(29(35)38-6-2)17(3)31-30(32)39-25)21-12-14-23(36-4)20-10-8-7-9-19(20)21/h7-16,27,33H,5-6H2,1-4H3/b25-16+. The number of fused-ring (bicyclic) bond motifs is 2. The molecule has 0 aliphatic carbocycles.